The summed E-state index contributed by atoms with van der Waals surface area (Å²) < 4.78 is 29.8. The van der Waals surface area contributed by atoms with E-state index in [0.717, 1.165) is 0 Å². The second kappa shape index (κ2) is 6.17. The van der Waals surface area contributed by atoms with Gasteiger partial charge in [-0.25, -0.2) is 8.42 Å². The van der Waals surface area contributed by atoms with Crippen LogP contribution in [0.1, 0.15) is 11.1 Å². The van der Waals surface area contributed by atoms with Crippen LogP contribution in [-0.2, 0) is 15.6 Å². The van der Waals surface area contributed by atoms with Crippen molar-refractivity contribution in [3.63, 3.8) is 0 Å². The molecule has 4 nitrogen and oxygen atoms in total. The van der Waals surface area contributed by atoms with Crippen LogP contribution in [0.2, 0.25) is 5.02 Å². The molecule has 0 spiro atoms. The van der Waals surface area contributed by atoms with Crippen molar-refractivity contribution in [1.29, 1.82) is 5.26 Å². The Hall–Kier alpha value is -2.03. The second-order valence-corrected chi connectivity index (χ2v) is 6.70. The summed E-state index contributed by atoms with van der Waals surface area (Å²) >= 11 is 5.93. The molecule has 0 aliphatic carbocycles. The van der Waals surface area contributed by atoms with Gasteiger partial charge < -0.3 is 4.74 Å². The summed E-state index contributed by atoms with van der Waals surface area (Å²) in [4.78, 5) is 0.0926. The maximum Gasteiger partial charge on any atom is 0.183 e. The standard InChI is InChI=1S/C15H12ClNO3S/c1-20-14-8-11(6-7-12(14)9-17)10-21(18,19)15-5-3-2-4-13(15)16/h2-8H,10H2,1H3. The van der Waals surface area contributed by atoms with E-state index in [1.54, 1.807) is 24.3 Å². The van der Waals surface area contributed by atoms with Crippen molar-refractivity contribution in [1.82, 2.24) is 0 Å². The van der Waals surface area contributed by atoms with Crippen LogP contribution in [-0.4, -0.2) is 15.5 Å². The first-order chi connectivity index (χ1) is 9.97. The van der Waals surface area contributed by atoms with Crippen LogP contribution >= 0.6 is 11.6 Å². The lowest BCUT2D eigenvalue weighted by Gasteiger charge is -2.08. The fraction of sp³-hybridized carbons (Fsp3) is 0.133. The molecule has 0 heterocycles. The molecule has 6 heteroatoms. The summed E-state index contributed by atoms with van der Waals surface area (Å²) in [7, 11) is -2.13. The molecule has 0 aliphatic heterocycles. The van der Waals surface area contributed by atoms with Crippen molar-refractivity contribution in [2.24, 2.45) is 0 Å². The number of hydrogen-bond acceptors (Lipinski definition) is 4. The molecule has 21 heavy (non-hydrogen) atoms. The van der Waals surface area contributed by atoms with Gasteiger partial charge >= 0.3 is 0 Å². The highest BCUT2D eigenvalue weighted by Crippen LogP contribution is 2.26. The van der Waals surface area contributed by atoms with E-state index in [0.29, 0.717) is 16.9 Å². The first-order valence-corrected chi connectivity index (χ1v) is 8.05. The zero-order valence-corrected chi connectivity index (χ0v) is 12.8. The van der Waals surface area contributed by atoms with Gasteiger partial charge in [0, 0.05) is 0 Å². The smallest absolute Gasteiger partial charge is 0.183 e. The number of benzene rings is 2. The molecule has 0 atom stereocenters. The van der Waals surface area contributed by atoms with Gasteiger partial charge in [-0.05, 0) is 29.8 Å². The predicted octanol–water partition coefficient (Wildman–Crippen LogP) is 3.19. The van der Waals surface area contributed by atoms with Crippen molar-refractivity contribution in [2.45, 2.75) is 10.6 Å². The van der Waals surface area contributed by atoms with Gasteiger partial charge in [-0.2, -0.15) is 5.26 Å². The van der Waals surface area contributed by atoms with Gasteiger partial charge in [0.2, 0.25) is 0 Å². The number of sulfone groups is 1. The fourth-order valence-electron chi connectivity index (χ4n) is 1.91. The first-order valence-electron chi connectivity index (χ1n) is 6.02. The minimum Gasteiger partial charge on any atom is -0.495 e. The molecule has 0 bridgehead atoms. The van der Waals surface area contributed by atoms with Crippen LogP contribution in [0.3, 0.4) is 0 Å². The molecule has 108 valence electrons. The first kappa shape index (κ1) is 15.4. The minimum atomic E-state index is -3.56. The van der Waals surface area contributed by atoms with E-state index in [1.165, 1.54) is 25.3 Å². The number of halogens is 1. The minimum absolute atomic E-state index is 0.0926. The Morgan fingerprint density at radius 3 is 2.57 bits per heavy atom. The lowest BCUT2D eigenvalue weighted by molar-refractivity contribution is 0.413. The number of ether oxygens (including phenoxy) is 1. The average molecular weight is 322 g/mol. The van der Waals surface area contributed by atoms with Gasteiger partial charge in [0.1, 0.15) is 11.8 Å². The van der Waals surface area contributed by atoms with Crippen LogP contribution in [0.15, 0.2) is 47.4 Å². The number of nitriles is 1. The molecular formula is C15H12ClNO3S. The third-order valence-corrected chi connectivity index (χ3v) is 5.10. The normalized spacial score (nSPS) is 10.9. The summed E-state index contributed by atoms with van der Waals surface area (Å²) in [5.74, 6) is 0.142. The van der Waals surface area contributed by atoms with Crippen LogP contribution in [0, 0.1) is 11.3 Å². The van der Waals surface area contributed by atoms with Crippen LogP contribution in [0.25, 0.3) is 0 Å². The Bertz CT molecular complexity index is 810. The average Bonchev–Trinajstić information content (AvgIpc) is 2.47. The Kier molecular flexibility index (Phi) is 4.51. The van der Waals surface area contributed by atoms with Crippen molar-refractivity contribution in [2.75, 3.05) is 7.11 Å². The van der Waals surface area contributed by atoms with E-state index in [4.69, 9.17) is 21.6 Å². The van der Waals surface area contributed by atoms with Gasteiger partial charge in [-0.3, -0.25) is 0 Å². The van der Waals surface area contributed by atoms with E-state index in [9.17, 15) is 8.42 Å². The highest BCUT2D eigenvalue weighted by molar-refractivity contribution is 7.90. The highest BCUT2D eigenvalue weighted by atomic mass is 35.5. The Balaban J connectivity index is 2.38. The molecule has 0 aromatic heterocycles. The van der Waals surface area contributed by atoms with Gasteiger partial charge in [0.15, 0.2) is 9.84 Å². The van der Waals surface area contributed by atoms with E-state index >= 15 is 0 Å². The van der Waals surface area contributed by atoms with Crippen molar-refractivity contribution in [3.05, 3.63) is 58.6 Å². The van der Waals surface area contributed by atoms with E-state index in [-0.39, 0.29) is 15.7 Å². The van der Waals surface area contributed by atoms with Crippen LogP contribution in [0.4, 0.5) is 0 Å². The van der Waals surface area contributed by atoms with E-state index in [2.05, 4.69) is 0 Å². The molecule has 2 rings (SSSR count). The monoisotopic (exact) mass is 321 g/mol. The van der Waals surface area contributed by atoms with E-state index < -0.39 is 9.84 Å². The zero-order valence-electron chi connectivity index (χ0n) is 11.2. The molecule has 0 amide bonds. The lowest BCUT2D eigenvalue weighted by Crippen LogP contribution is -2.06. The molecule has 0 N–H and O–H groups in total. The predicted molar refractivity (Wildman–Crippen MR) is 80.1 cm³/mol. The Morgan fingerprint density at radius 2 is 1.95 bits per heavy atom. The molecule has 0 aliphatic rings. The van der Waals surface area contributed by atoms with Crippen molar-refractivity contribution >= 4 is 21.4 Å². The number of methoxy groups -OCH3 is 1. The molecule has 0 saturated heterocycles. The molecule has 2 aromatic rings. The summed E-state index contributed by atoms with van der Waals surface area (Å²) in [6.45, 7) is 0. The summed E-state index contributed by atoms with van der Waals surface area (Å²) in [5, 5.41) is 9.11. The van der Waals surface area contributed by atoms with Crippen LogP contribution in [0.5, 0.6) is 5.75 Å². The maximum atomic E-state index is 12.4. The SMILES string of the molecule is COc1cc(CS(=O)(=O)c2ccccc2Cl)ccc1C#N. The highest BCUT2D eigenvalue weighted by Gasteiger charge is 2.19. The molecule has 2 aromatic carbocycles. The number of rotatable bonds is 4. The van der Waals surface area contributed by atoms with Gasteiger partial charge in [0.25, 0.3) is 0 Å². The Morgan fingerprint density at radius 1 is 1.24 bits per heavy atom. The second-order valence-electron chi connectivity index (χ2n) is 4.34. The quantitative estimate of drug-likeness (QED) is 0.867. The van der Waals surface area contributed by atoms with Crippen molar-refractivity contribution < 1.29 is 13.2 Å². The lowest BCUT2D eigenvalue weighted by atomic mass is 10.1. The fourth-order valence-corrected chi connectivity index (χ4v) is 3.83. The number of hydrogen-bond donors (Lipinski definition) is 0. The van der Waals surface area contributed by atoms with Gasteiger partial charge in [0.05, 0.1) is 28.3 Å². The van der Waals surface area contributed by atoms with Gasteiger partial charge in [-0.15, -0.1) is 0 Å². The molecular weight excluding hydrogens is 310 g/mol. The van der Waals surface area contributed by atoms with E-state index in [1.807, 2.05) is 6.07 Å². The third kappa shape index (κ3) is 3.35. The topological polar surface area (TPSA) is 67.2 Å². The molecule has 0 radical (unpaired) electrons. The summed E-state index contributed by atoms with van der Waals surface area (Å²) in [6.07, 6.45) is 0. The Labute approximate surface area is 128 Å². The zero-order chi connectivity index (χ0) is 15.5. The largest absolute Gasteiger partial charge is 0.495 e. The number of nitrogens with zero attached hydrogens (tertiary/aromatic N) is 1. The maximum absolute atomic E-state index is 12.4. The van der Waals surface area contributed by atoms with Gasteiger partial charge in [-0.1, -0.05) is 29.8 Å². The summed E-state index contributed by atoms with van der Waals surface area (Å²) in [5.41, 5.74) is 0.891. The molecule has 0 saturated carbocycles. The molecule has 0 unspecified atom stereocenters. The van der Waals surface area contributed by atoms with Crippen LogP contribution < -0.4 is 4.74 Å². The third-order valence-electron chi connectivity index (χ3n) is 2.91. The molecule has 0 fully saturated rings. The summed E-state index contributed by atoms with van der Waals surface area (Å²) in [6, 6.07) is 13.0. The van der Waals surface area contributed by atoms with Crippen molar-refractivity contribution in [3.8, 4) is 11.8 Å².